The van der Waals surface area contributed by atoms with Crippen LogP contribution in [0.25, 0.3) is 11.4 Å². The van der Waals surface area contributed by atoms with Crippen LogP contribution in [-0.4, -0.2) is 15.9 Å². The Kier molecular flexibility index (Phi) is 11.6. The Morgan fingerprint density at radius 2 is 1.39 bits per heavy atom. The molecule has 0 unspecified atom stereocenters. The summed E-state index contributed by atoms with van der Waals surface area (Å²) in [5.74, 6) is 0.108. The zero-order valence-corrected chi connectivity index (χ0v) is 21.8. The molecule has 5 heteroatoms. The molecule has 1 aromatic heterocycles. The quantitative estimate of drug-likeness (QED) is 0.122. The molecule has 0 aliphatic heterocycles. The first kappa shape index (κ1) is 27.5. The molecule has 3 rings (SSSR count). The minimum atomic E-state index is -0.572. The van der Waals surface area contributed by atoms with Crippen LogP contribution >= 0.6 is 0 Å². The van der Waals surface area contributed by atoms with E-state index in [4.69, 9.17) is 4.74 Å². The fourth-order valence-electron chi connectivity index (χ4n) is 4.20. The van der Waals surface area contributed by atoms with E-state index in [0.29, 0.717) is 23.6 Å². The van der Waals surface area contributed by atoms with E-state index < -0.39 is 5.97 Å². The smallest absolute Gasteiger partial charge is 0.343 e. The van der Waals surface area contributed by atoms with Crippen molar-refractivity contribution in [3.05, 3.63) is 77.4 Å². The number of hydrogen-bond donors (Lipinski definition) is 0. The minimum Gasteiger partial charge on any atom is -0.423 e. The van der Waals surface area contributed by atoms with Gasteiger partial charge in [-0.15, -0.1) is 0 Å². The van der Waals surface area contributed by atoms with E-state index in [-0.39, 0.29) is 11.4 Å². The molecule has 4 nitrogen and oxygen atoms in total. The Balaban J connectivity index is 1.49. The third kappa shape index (κ3) is 8.85. The van der Waals surface area contributed by atoms with E-state index in [0.717, 1.165) is 36.8 Å². The summed E-state index contributed by atoms with van der Waals surface area (Å²) in [4.78, 5) is 21.5. The third-order valence-electron chi connectivity index (χ3n) is 6.44. The lowest BCUT2D eigenvalue weighted by molar-refractivity contribution is 0.0734. The lowest BCUT2D eigenvalue weighted by atomic mass is 10.0. The first-order valence-corrected chi connectivity index (χ1v) is 13.5. The van der Waals surface area contributed by atoms with Crippen LogP contribution in [-0.2, 0) is 12.8 Å². The SMILES string of the molecule is CCCCCCCCCc1ccc(C(=O)Oc2ccc(-c3ncc(CCCCC)cn3)cc2)cc1F. The van der Waals surface area contributed by atoms with Gasteiger partial charge in [-0.2, -0.15) is 0 Å². The maximum Gasteiger partial charge on any atom is 0.343 e. The van der Waals surface area contributed by atoms with Gasteiger partial charge in [0.25, 0.3) is 0 Å². The van der Waals surface area contributed by atoms with E-state index in [1.165, 1.54) is 51.0 Å². The van der Waals surface area contributed by atoms with Crippen LogP contribution in [0.4, 0.5) is 4.39 Å². The number of rotatable bonds is 15. The molecule has 0 amide bonds. The molecule has 0 bridgehead atoms. The van der Waals surface area contributed by atoms with Gasteiger partial charge < -0.3 is 4.74 Å². The topological polar surface area (TPSA) is 52.1 Å². The van der Waals surface area contributed by atoms with Gasteiger partial charge in [0.15, 0.2) is 5.82 Å². The molecule has 2 aromatic carbocycles. The second-order valence-electron chi connectivity index (χ2n) is 9.46. The Labute approximate surface area is 215 Å². The zero-order valence-electron chi connectivity index (χ0n) is 21.8. The van der Waals surface area contributed by atoms with Gasteiger partial charge in [-0.25, -0.2) is 19.2 Å². The Hall–Kier alpha value is -3.08. The number of nitrogens with zero attached hydrogens (tertiary/aromatic N) is 2. The van der Waals surface area contributed by atoms with E-state index in [1.807, 2.05) is 24.5 Å². The van der Waals surface area contributed by atoms with E-state index in [9.17, 15) is 9.18 Å². The Morgan fingerprint density at radius 3 is 2.06 bits per heavy atom. The molecular weight excluding hydrogens is 451 g/mol. The number of benzene rings is 2. The van der Waals surface area contributed by atoms with Crippen molar-refractivity contribution in [3.63, 3.8) is 0 Å². The molecule has 0 N–H and O–H groups in total. The van der Waals surface area contributed by atoms with E-state index in [2.05, 4.69) is 23.8 Å². The summed E-state index contributed by atoms with van der Waals surface area (Å²) >= 11 is 0. The third-order valence-corrected chi connectivity index (χ3v) is 6.44. The highest BCUT2D eigenvalue weighted by atomic mass is 19.1. The number of hydrogen-bond acceptors (Lipinski definition) is 4. The average Bonchev–Trinajstić information content (AvgIpc) is 2.90. The van der Waals surface area contributed by atoms with Crippen molar-refractivity contribution >= 4 is 5.97 Å². The molecule has 3 aromatic rings. The maximum atomic E-state index is 14.6. The van der Waals surface area contributed by atoms with Crippen molar-refractivity contribution in [2.75, 3.05) is 0 Å². The van der Waals surface area contributed by atoms with Gasteiger partial charge in [-0.1, -0.05) is 71.3 Å². The van der Waals surface area contributed by atoms with Gasteiger partial charge in [-0.3, -0.25) is 0 Å². The number of carbonyl (C=O) groups is 1. The van der Waals surface area contributed by atoms with Crippen molar-refractivity contribution in [1.82, 2.24) is 9.97 Å². The number of unbranched alkanes of at least 4 members (excludes halogenated alkanes) is 8. The number of esters is 1. The first-order chi connectivity index (χ1) is 17.6. The van der Waals surface area contributed by atoms with Crippen molar-refractivity contribution in [2.24, 2.45) is 0 Å². The summed E-state index contributed by atoms with van der Waals surface area (Å²) in [5.41, 5.74) is 2.84. The number of aryl methyl sites for hydroxylation is 2. The summed E-state index contributed by atoms with van der Waals surface area (Å²) in [6, 6.07) is 11.7. The molecule has 192 valence electrons. The van der Waals surface area contributed by atoms with Crippen LogP contribution in [0, 0.1) is 5.82 Å². The van der Waals surface area contributed by atoms with Crippen LogP contribution in [0.3, 0.4) is 0 Å². The summed E-state index contributed by atoms with van der Waals surface area (Å²) in [5, 5.41) is 0. The van der Waals surface area contributed by atoms with Gasteiger partial charge in [-0.05, 0) is 73.2 Å². The largest absolute Gasteiger partial charge is 0.423 e. The van der Waals surface area contributed by atoms with E-state index in [1.54, 1.807) is 24.3 Å². The van der Waals surface area contributed by atoms with Crippen LogP contribution in [0.15, 0.2) is 54.9 Å². The average molecular weight is 491 g/mol. The molecule has 0 atom stereocenters. The molecule has 0 fully saturated rings. The molecule has 0 saturated carbocycles. The Morgan fingerprint density at radius 1 is 0.778 bits per heavy atom. The molecule has 0 saturated heterocycles. The fraction of sp³-hybridized carbons (Fsp3) is 0.452. The highest BCUT2D eigenvalue weighted by Gasteiger charge is 2.13. The maximum absolute atomic E-state index is 14.6. The number of halogens is 1. The normalized spacial score (nSPS) is 11.0. The highest BCUT2D eigenvalue weighted by Crippen LogP contribution is 2.21. The van der Waals surface area contributed by atoms with Crippen LogP contribution in [0.1, 0.15) is 99.5 Å². The predicted molar refractivity (Wildman–Crippen MR) is 144 cm³/mol. The predicted octanol–water partition coefficient (Wildman–Crippen LogP) is 8.53. The summed E-state index contributed by atoms with van der Waals surface area (Å²) in [6.07, 6.45) is 17.3. The highest BCUT2D eigenvalue weighted by molar-refractivity contribution is 5.91. The second kappa shape index (κ2) is 15.1. The standard InChI is InChI=1S/C31H39FN2O2/c1-3-5-7-8-9-10-12-14-25-15-16-27(21-29(25)32)31(35)36-28-19-17-26(18-20-28)30-33-22-24(23-34-30)13-11-6-4-2/h15-23H,3-14H2,1-2H3. The van der Waals surface area contributed by atoms with Crippen LogP contribution in [0.2, 0.25) is 0 Å². The molecule has 0 radical (unpaired) electrons. The lowest BCUT2D eigenvalue weighted by Crippen LogP contribution is -2.09. The van der Waals surface area contributed by atoms with Crippen LogP contribution in [0.5, 0.6) is 5.75 Å². The molecule has 36 heavy (non-hydrogen) atoms. The summed E-state index contributed by atoms with van der Waals surface area (Å²) in [7, 11) is 0. The first-order valence-electron chi connectivity index (χ1n) is 13.5. The second-order valence-corrected chi connectivity index (χ2v) is 9.46. The minimum absolute atomic E-state index is 0.210. The molecule has 0 aliphatic rings. The fourth-order valence-corrected chi connectivity index (χ4v) is 4.20. The molecule has 0 spiro atoms. The molecule has 0 aliphatic carbocycles. The van der Waals surface area contributed by atoms with Gasteiger partial charge >= 0.3 is 5.97 Å². The number of ether oxygens (including phenoxy) is 1. The zero-order chi connectivity index (χ0) is 25.6. The van der Waals surface area contributed by atoms with Gasteiger partial charge in [0.05, 0.1) is 5.56 Å². The van der Waals surface area contributed by atoms with Gasteiger partial charge in [0.1, 0.15) is 11.6 Å². The monoisotopic (exact) mass is 490 g/mol. The van der Waals surface area contributed by atoms with Crippen molar-refractivity contribution < 1.29 is 13.9 Å². The molecule has 1 heterocycles. The van der Waals surface area contributed by atoms with Crippen LogP contribution < -0.4 is 4.74 Å². The Bertz CT molecular complexity index is 1060. The van der Waals surface area contributed by atoms with Gasteiger partial charge in [0.2, 0.25) is 0 Å². The summed E-state index contributed by atoms with van der Waals surface area (Å²) in [6.45, 7) is 4.40. The van der Waals surface area contributed by atoms with Gasteiger partial charge in [0, 0.05) is 18.0 Å². The lowest BCUT2D eigenvalue weighted by Gasteiger charge is -2.08. The number of aromatic nitrogens is 2. The van der Waals surface area contributed by atoms with Crippen molar-refractivity contribution in [1.29, 1.82) is 0 Å². The van der Waals surface area contributed by atoms with Crippen molar-refractivity contribution in [3.8, 4) is 17.1 Å². The summed E-state index contributed by atoms with van der Waals surface area (Å²) < 4.78 is 20.0. The van der Waals surface area contributed by atoms with Crippen molar-refractivity contribution in [2.45, 2.75) is 90.9 Å². The van der Waals surface area contributed by atoms with E-state index >= 15 is 0 Å². The number of carbonyl (C=O) groups excluding carboxylic acids is 1. The molecular formula is C31H39FN2O2.